The van der Waals surface area contributed by atoms with Crippen LogP contribution in [0.4, 0.5) is 0 Å². The normalized spacial score (nSPS) is 8.00. The van der Waals surface area contributed by atoms with E-state index >= 15 is 0 Å². The highest BCUT2D eigenvalue weighted by atomic mass is 79.9. The molecule has 0 fully saturated rings. The van der Waals surface area contributed by atoms with Crippen LogP contribution >= 0.6 is 50.9 Å². The van der Waals surface area contributed by atoms with Gasteiger partial charge in [-0.15, -0.1) is 50.9 Å². The van der Waals surface area contributed by atoms with Gasteiger partial charge in [-0.2, -0.15) is 0 Å². The lowest BCUT2D eigenvalue weighted by atomic mass is 10.1. The van der Waals surface area contributed by atoms with E-state index in [-0.39, 0.29) is 50.9 Å². The third-order valence-electron chi connectivity index (χ3n) is 3.96. The van der Waals surface area contributed by atoms with Crippen LogP contribution in [0.3, 0.4) is 0 Å². The van der Waals surface area contributed by atoms with Crippen molar-refractivity contribution < 1.29 is 0 Å². The lowest BCUT2D eigenvalue weighted by molar-refractivity contribution is 0.562. The van der Waals surface area contributed by atoms with Crippen LogP contribution in [0.1, 0.15) is 158 Å². The average molecular weight is 587 g/mol. The van der Waals surface area contributed by atoms with E-state index in [1.54, 1.807) is 0 Å². The Morgan fingerprint density at radius 1 is 0.222 bits per heavy atom. The standard InChI is InChI=1S/C12H26.3C4H10.3BrH/c1-3-5-7-9-11-12-10-8-6-4-2;3*1-3-4-2;;;/h3-12H2,1-2H3;3*3-4H2,1-2H3;3*1H. The van der Waals surface area contributed by atoms with Gasteiger partial charge >= 0.3 is 0 Å². The fourth-order valence-electron chi connectivity index (χ4n) is 1.56. The quantitative estimate of drug-likeness (QED) is 0.199. The maximum atomic E-state index is 2.28. The molecule has 0 rings (SSSR count). The van der Waals surface area contributed by atoms with Crippen molar-refractivity contribution in [3.63, 3.8) is 0 Å². The van der Waals surface area contributed by atoms with Crippen molar-refractivity contribution >= 4 is 50.9 Å². The van der Waals surface area contributed by atoms with Crippen molar-refractivity contribution in [1.82, 2.24) is 0 Å². The van der Waals surface area contributed by atoms with Crippen molar-refractivity contribution in [3.8, 4) is 0 Å². The topological polar surface area (TPSA) is 0 Å². The maximum Gasteiger partial charge on any atom is -0.0533 e. The fraction of sp³-hybridized carbons (Fsp3) is 1.00. The fourth-order valence-corrected chi connectivity index (χ4v) is 1.56. The monoisotopic (exact) mass is 584 g/mol. The lowest BCUT2D eigenvalue weighted by Crippen LogP contribution is -1.80. The summed E-state index contributed by atoms with van der Waals surface area (Å²) >= 11 is 0. The lowest BCUT2D eigenvalue weighted by Gasteiger charge is -1.99. The minimum atomic E-state index is 0. The predicted octanol–water partition coefficient (Wildman–Crippen LogP) is 12.1. The Balaban J connectivity index is -0.0000000450. The number of unbranched alkanes of at least 4 members (excludes halogenated alkanes) is 12. The predicted molar refractivity (Wildman–Crippen MR) is 150 cm³/mol. The van der Waals surface area contributed by atoms with Gasteiger partial charge in [0.1, 0.15) is 0 Å². The minimum Gasteiger partial charge on any atom is -0.114 e. The first kappa shape index (κ1) is 46.6. The first-order valence-corrected chi connectivity index (χ1v) is 11.7. The van der Waals surface area contributed by atoms with Gasteiger partial charge in [-0.25, -0.2) is 0 Å². The van der Waals surface area contributed by atoms with Crippen LogP contribution in [0.5, 0.6) is 0 Å². The third kappa shape index (κ3) is 98.3. The molecule has 27 heavy (non-hydrogen) atoms. The third-order valence-corrected chi connectivity index (χ3v) is 3.96. The zero-order valence-corrected chi connectivity index (χ0v) is 25.7. The minimum absolute atomic E-state index is 0. The van der Waals surface area contributed by atoms with Crippen LogP contribution in [0.15, 0.2) is 0 Å². The summed E-state index contributed by atoms with van der Waals surface area (Å²) < 4.78 is 0. The first-order chi connectivity index (χ1) is 11.7. The second kappa shape index (κ2) is 63.1. The Hall–Kier alpha value is 1.44. The highest BCUT2D eigenvalue weighted by Gasteiger charge is 1.90. The Morgan fingerprint density at radius 2 is 0.370 bits per heavy atom. The Labute approximate surface area is 208 Å². The van der Waals surface area contributed by atoms with E-state index in [1.165, 1.54) is 103 Å². The molecule has 0 saturated carbocycles. The number of halogens is 3. The van der Waals surface area contributed by atoms with Crippen LogP contribution in [-0.4, -0.2) is 0 Å². The van der Waals surface area contributed by atoms with Crippen LogP contribution in [0, 0.1) is 0 Å². The van der Waals surface area contributed by atoms with Crippen LogP contribution in [-0.2, 0) is 0 Å². The van der Waals surface area contributed by atoms with E-state index in [1.807, 2.05) is 0 Å². The van der Waals surface area contributed by atoms with E-state index in [4.69, 9.17) is 0 Å². The van der Waals surface area contributed by atoms with Crippen molar-refractivity contribution in [3.05, 3.63) is 0 Å². The second-order valence-corrected chi connectivity index (χ2v) is 6.83. The molecule has 0 aromatic rings. The zero-order chi connectivity index (χ0) is 19.3. The van der Waals surface area contributed by atoms with E-state index < -0.39 is 0 Å². The molecule has 0 aromatic heterocycles. The van der Waals surface area contributed by atoms with Crippen molar-refractivity contribution in [2.24, 2.45) is 0 Å². The molecule has 0 saturated heterocycles. The highest BCUT2D eigenvalue weighted by Crippen LogP contribution is 2.09. The summed E-state index contributed by atoms with van der Waals surface area (Å²) in [5, 5.41) is 0. The van der Waals surface area contributed by atoms with Gasteiger partial charge in [0.2, 0.25) is 0 Å². The SMILES string of the molecule is Br.Br.Br.CCCC.CCCC.CCCC.CCCCCCCCCCCC. The Bertz CT molecular complexity index is 116. The molecule has 0 atom stereocenters. The molecular weight excluding hydrogens is 528 g/mol. The molecule has 0 bridgehead atoms. The van der Waals surface area contributed by atoms with Gasteiger partial charge in [0, 0.05) is 0 Å². The summed E-state index contributed by atoms with van der Waals surface area (Å²) in [6.07, 6.45) is 22.4. The molecule has 0 aliphatic heterocycles. The molecule has 0 unspecified atom stereocenters. The smallest absolute Gasteiger partial charge is 0.0533 e. The summed E-state index contributed by atoms with van der Waals surface area (Å²) in [6, 6.07) is 0. The van der Waals surface area contributed by atoms with Crippen LogP contribution in [0.25, 0.3) is 0 Å². The average Bonchev–Trinajstić information content (AvgIpc) is 2.64. The molecule has 176 valence electrons. The van der Waals surface area contributed by atoms with Gasteiger partial charge in [0.15, 0.2) is 0 Å². The largest absolute Gasteiger partial charge is 0.114 e. The molecule has 0 aliphatic carbocycles. The van der Waals surface area contributed by atoms with E-state index in [0.29, 0.717) is 0 Å². The van der Waals surface area contributed by atoms with Gasteiger partial charge in [0.25, 0.3) is 0 Å². The van der Waals surface area contributed by atoms with Gasteiger partial charge in [-0.05, 0) is 0 Å². The van der Waals surface area contributed by atoms with Gasteiger partial charge in [-0.1, -0.05) is 158 Å². The first-order valence-electron chi connectivity index (χ1n) is 11.7. The van der Waals surface area contributed by atoms with Crippen LogP contribution < -0.4 is 0 Å². The van der Waals surface area contributed by atoms with Crippen LogP contribution in [0.2, 0.25) is 0 Å². The summed E-state index contributed by atoms with van der Waals surface area (Å²) in [5.41, 5.74) is 0. The molecule has 0 aliphatic rings. The molecule has 0 amide bonds. The Kier molecular flexibility index (Phi) is 109. The molecule has 0 N–H and O–H groups in total. The van der Waals surface area contributed by atoms with Crippen molar-refractivity contribution in [2.45, 2.75) is 158 Å². The van der Waals surface area contributed by atoms with Crippen molar-refractivity contribution in [1.29, 1.82) is 0 Å². The molecule has 0 radical (unpaired) electrons. The van der Waals surface area contributed by atoms with E-state index in [9.17, 15) is 0 Å². The van der Waals surface area contributed by atoms with Gasteiger partial charge < -0.3 is 0 Å². The molecule has 0 nitrogen and oxygen atoms in total. The summed E-state index contributed by atoms with van der Waals surface area (Å²) in [6.45, 7) is 17.6. The molecule has 0 heterocycles. The molecular formula is C24H59Br3. The second-order valence-electron chi connectivity index (χ2n) is 6.83. The zero-order valence-electron chi connectivity index (χ0n) is 20.5. The summed E-state index contributed by atoms with van der Waals surface area (Å²) in [4.78, 5) is 0. The summed E-state index contributed by atoms with van der Waals surface area (Å²) in [7, 11) is 0. The van der Waals surface area contributed by atoms with Gasteiger partial charge in [-0.3, -0.25) is 0 Å². The number of hydrogen-bond acceptors (Lipinski definition) is 0. The molecule has 0 spiro atoms. The van der Waals surface area contributed by atoms with E-state index in [2.05, 4.69) is 55.4 Å². The summed E-state index contributed by atoms with van der Waals surface area (Å²) in [5.74, 6) is 0. The Morgan fingerprint density at radius 3 is 0.481 bits per heavy atom. The number of rotatable bonds is 12. The van der Waals surface area contributed by atoms with E-state index in [0.717, 1.165) is 0 Å². The van der Waals surface area contributed by atoms with Gasteiger partial charge in [0.05, 0.1) is 0 Å². The van der Waals surface area contributed by atoms with Crippen molar-refractivity contribution in [2.75, 3.05) is 0 Å². The molecule has 0 aromatic carbocycles. The number of hydrogen-bond donors (Lipinski definition) is 0. The molecule has 3 heteroatoms. The highest BCUT2D eigenvalue weighted by molar-refractivity contribution is 8.93. The maximum absolute atomic E-state index is 2.28.